The molecule has 0 aliphatic heterocycles. The van der Waals surface area contributed by atoms with Gasteiger partial charge < -0.3 is 0 Å². The Labute approximate surface area is 146 Å². The fourth-order valence-corrected chi connectivity index (χ4v) is 2.97. The van der Waals surface area contributed by atoms with Crippen molar-refractivity contribution in [1.29, 1.82) is 0 Å². The molecular weight excluding hydrogens is 584 g/mol. The molecule has 0 aliphatic rings. The molecule has 0 heterocycles. The zero-order valence-corrected chi connectivity index (χ0v) is 18.1. The molecule has 0 bridgehead atoms. The maximum atomic E-state index is 3.74. The van der Waals surface area contributed by atoms with Crippen molar-refractivity contribution in [2.45, 2.75) is 39.0 Å². The minimum atomic E-state index is 1.09. The van der Waals surface area contributed by atoms with Gasteiger partial charge in [-0.05, 0) is 0 Å². The van der Waals surface area contributed by atoms with E-state index in [4.69, 9.17) is 0 Å². The molecule has 0 amide bonds. The van der Waals surface area contributed by atoms with E-state index in [1.807, 2.05) is 6.08 Å². The summed E-state index contributed by atoms with van der Waals surface area (Å²) in [7, 11) is 0. The predicted octanol–water partition coefficient (Wildman–Crippen LogP) is 4.81. The first kappa shape index (κ1) is 19.8. The average Bonchev–Trinajstić information content (AvgIpc) is 2.48. The van der Waals surface area contributed by atoms with Crippen LogP contribution in [-0.2, 0) is 38.7 Å². The van der Waals surface area contributed by atoms with Crippen LogP contribution < -0.4 is 0 Å². The van der Waals surface area contributed by atoms with E-state index in [9.17, 15) is 0 Å². The van der Waals surface area contributed by atoms with Crippen molar-refractivity contribution in [3.8, 4) is 0 Å². The topological polar surface area (TPSA) is 0 Å². The molecule has 0 saturated carbocycles. The van der Waals surface area contributed by atoms with Crippen LogP contribution >= 0.6 is 0 Å². The first-order chi connectivity index (χ1) is 9.78. The number of hydrogen-bond acceptors (Lipinski definition) is 0. The van der Waals surface area contributed by atoms with Gasteiger partial charge in [-0.25, -0.2) is 0 Å². The Morgan fingerprint density at radius 1 is 0.950 bits per heavy atom. The molecule has 0 unspecified atom stereocenters. The average molecular weight is 608 g/mol. The summed E-state index contributed by atoms with van der Waals surface area (Å²) in [5.74, 6) is 0. The van der Waals surface area contributed by atoms with Crippen molar-refractivity contribution < 1.29 is 38.7 Å². The van der Waals surface area contributed by atoms with Gasteiger partial charge in [0, 0.05) is 0 Å². The Bertz CT molecular complexity index is 409. The summed E-state index contributed by atoms with van der Waals surface area (Å²) in [5, 5.41) is 0. The summed E-state index contributed by atoms with van der Waals surface area (Å²) in [5.41, 5.74) is 2.85. The second-order valence-electron chi connectivity index (χ2n) is 4.41. The summed E-state index contributed by atoms with van der Waals surface area (Å²) in [4.78, 5) is 0. The van der Waals surface area contributed by atoms with Crippen molar-refractivity contribution in [2.24, 2.45) is 0 Å². The second kappa shape index (κ2) is 15.2. The quantitative estimate of drug-likeness (QED) is 0.296. The number of allylic oxidation sites excluding steroid dienone is 9. The molecule has 0 N–H and O–H groups in total. The third kappa shape index (κ3) is 11.6. The van der Waals surface area contributed by atoms with Crippen molar-refractivity contribution in [3.05, 3.63) is 60.3 Å². The monoisotopic (exact) mass is 608 g/mol. The summed E-state index contributed by atoms with van der Waals surface area (Å²) in [6.07, 6.45) is 20.8. The van der Waals surface area contributed by atoms with Crippen molar-refractivity contribution in [3.63, 3.8) is 0 Å². The van der Waals surface area contributed by atoms with Gasteiger partial charge in [-0.1, -0.05) is 0 Å². The molecule has 0 aromatic heterocycles. The Kier molecular flexibility index (Phi) is 15.1. The zero-order valence-electron chi connectivity index (χ0n) is 12.3. The SMILES string of the molecule is C=C/C=C(\[CH]=[W])CCC=CC=C/C=C(\[CH]=[W])CCCC. The fourth-order valence-electron chi connectivity index (χ4n) is 1.56. The molecule has 0 radical (unpaired) electrons. The van der Waals surface area contributed by atoms with Crippen molar-refractivity contribution in [2.75, 3.05) is 0 Å². The molecule has 108 valence electrons. The molecule has 0 aromatic carbocycles. The van der Waals surface area contributed by atoms with Gasteiger partial charge in [0.1, 0.15) is 0 Å². The van der Waals surface area contributed by atoms with Gasteiger partial charge in [0.15, 0.2) is 0 Å². The van der Waals surface area contributed by atoms with Gasteiger partial charge in [0.25, 0.3) is 0 Å². The van der Waals surface area contributed by atoms with Crippen LogP contribution in [-0.4, -0.2) is 8.80 Å². The van der Waals surface area contributed by atoms with Crippen LogP contribution in [0.25, 0.3) is 0 Å². The molecule has 0 spiro atoms. The molecular formula is C18H24W2. The summed E-state index contributed by atoms with van der Waals surface area (Å²) >= 11 is 3.03. The van der Waals surface area contributed by atoms with Crippen LogP contribution in [0.5, 0.6) is 0 Å². The van der Waals surface area contributed by atoms with Crippen molar-refractivity contribution >= 4 is 8.80 Å². The van der Waals surface area contributed by atoms with Crippen LogP contribution in [0.4, 0.5) is 0 Å². The van der Waals surface area contributed by atoms with E-state index in [0.29, 0.717) is 0 Å². The van der Waals surface area contributed by atoms with E-state index in [1.165, 1.54) is 69.1 Å². The van der Waals surface area contributed by atoms with Gasteiger partial charge in [0.2, 0.25) is 0 Å². The second-order valence-corrected chi connectivity index (χ2v) is 6.10. The fraction of sp³-hybridized carbons (Fsp3) is 0.333. The molecule has 0 aliphatic carbocycles. The van der Waals surface area contributed by atoms with Crippen LogP contribution in [0.15, 0.2) is 60.3 Å². The number of rotatable bonds is 11. The van der Waals surface area contributed by atoms with Crippen molar-refractivity contribution in [1.82, 2.24) is 0 Å². The van der Waals surface area contributed by atoms with E-state index in [1.54, 1.807) is 0 Å². The van der Waals surface area contributed by atoms with Crippen LogP contribution in [0.1, 0.15) is 39.0 Å². The number of hydrogen-bond donors (Lipinski definition) is 0. The molecule has 0 nitrogen and oxygen atoms in total. The van der Waals surface area contributed by atoms with Gasteiger partial charge in [-0.2, -0.15) is 0 Å². The molecule has 20 heavy (non-hydrogen) atoms. The minimum absolute atomic E-state index is 1.09. The van der Waals surface area contributed by atoms with E-state index in [-0.39, 0.29) is 0 Å². The third-order valence-electron chi connectivity index (χ3n) is 2.72. The Hall–Kier alpha value is -0.183. The van der Waals surface area contributed by atoms with Gasteiger partial charge in [0.05, 0.1) is 0 Å². The van der Waals surface area contributed by atoms with Gasteiger partial charge in [-0.3, -0.25) is 0 Å². The Morgan fingerprint density at radius 3 is 2.25 bits per heavy atom. The van der Waals surface area contributed by atoms with E-state index in [0.717, 1.165) is 12.8 Å². The standard InChI is InChI=1S/C18H24.2W/c1-5-7-14-18(4)16-12-10-8-9-11-15-17(3)13-6-2;;/h3-4,6,8-10,12-13,16H,2,5,7,11,14-15H2,1H3;;/b9-8?,12-10?,17-13+,18-16+;;. The molecule has 2 heteroatoms. The van der Waals surface area contributed by atoms with E-state index < -0.39 is 0 Å². The number of unbranched alkanes of at least 4 members (excludes halogenated alkanes) is 1. The summed E-state index contributed by atoms with van der Waals surface area (Å²) in [6, 6.07) is 0. The summed E-state index contributed by atoms with van der Waals surface area (Å²) < 4.78 is 4.52. The normalized spacial score (nSPS) is 13.1. The van der Waals surface area contributed by atoms with Crippen LogP contribution in [0.3, 0.4) is 0 Å². The molecule has 0 saturated heterocycles. The summed E-state index contributed by atoms with van der Waals surface area (Å²) in [6.45, 7) is 5.98. The molecule has 0 fully saturated rings. The first-order valence-corrected chi connectivity index (χ1v) is 10.4. The molecule has 0 aromatic rings. The van der Waals surface area contributed by atoms with E-state index in [2.05, 4.69) is 58.8 Å². The van der Waals surface area contributed by atoms with Crippen LogP contribution in [0, 0.1) is 0 Å². The Balaban J connectivity index is 4.10. The molecule has 0 atom stereocenters. The Morgan fingerprint density at radius 2 is 1.65 bits per heavy atom. The third-order valence-corrected chi connectivity index (χ3v) is 4.90. The van der Waals surface area contributed by atoms with E-state index >= 15 is 0 Å². The van der Waals surface area contributed by atoms with Gasteiger partial charge >= 0.3 is 147 Å². The van der Waals surface area contributed by atoms with Gasteiger partial charge in [-0.15, -0.1) is 0 Å². The predicted molar refractivity (Wildman–Crippen MR) is 85.5 cm³/mol. The maximum absolute atomic E-state index is 3.74. The first-order valence-electron chi connectivity index (χ1n) is 7.02. The molecule has 0 rings (SSSR count). The van der Waals surface area contributed by atoms with Crippen LogP contribution in [0.2, 0.25) is 0 Å². The zero-order chi connectivity index (χ0) is 15.1.